The summed E-state index contributed by atoms with van der Waals surface area (Å²) in [5, 5.41) is 0. The third-order valence-electron chi connectivity index (χ3n) is 6.47. The van der Waals surface area contributed by atoms with Crippen LogP contribution in [0.3, 0.4) is 0 Å². The Balaban J connectivity index is 1.37. The second-order valence-electron chi connectivity index (χ2n) is 8.91. The van der Waals surface area contributed by atoms with E-state index < -0.39 is 0 Å². The average Bonchev–Trinajstić information content (AvgIpc) is 3.01. The lowest BCUT2D eigenvalue weighted by atomic mass is 9.99. The van der Waals surface area contributed by atoms with Crippen LogP contribution in [-0.4, -0.2) is 23.9 Å². The van der Waals surface area contributed by atoms with Crippen molar-refractivity contribution in [1.82, 2.24) is 19.9 Å². The van der Waals surface area contributed by atoms with Crippen molar-refractivity contribution in [1.29, 1.82) is 0 Å². The molecule has 0 spiro atoms. The zero-order chi connectivity index (χ0) is 25.3. The van der Waals surface area contributed by atoms with Gasteiger partial charge in [-0.15, -0.1) is 0 Å². The summed E-state index contributed by atoms with van der Waals surface area (Å²) in [5.74, 6) is 0. The van der Waals surface area contributed by atoms with Gasteiger partial charge in [0, 0.05) is 22.3 Å². The predicted molar refractivity (Wildman–Crippen MR) is 165 cm³/mol. The zero-order valence-corrected chi connectivity index (χ0v) is 22.4. The standard InChI is InChI=1S/C33H21IN4/c1-3-10-22(11-4-1)29-30(36-27-15-8-7-14-26(27)35-29)24-17-19-25(20-18-24)31-32(23-12-5-2-6-13-23)38-33-28(37-31)16-9-21-34-33/h1-21H. The van der Waals surface area contributed by atoms with Gasteiger partial charge in [-0.25, -0.2) is 19.9 Å². The van der Waals surface area contributed by atoms with E-state index in [-0.39, 0.29) is 20.7 Å². The van der Waals surface area contributed by atoms with Gasteiger partial charge in [0.1, 0.15) is 3.70 Å². The molecule has 4 aromatic carbocycles. The van der Waals surface area contributed by atoms with Gasteiger partial charge < -0.3 is 0 Å². The van der Waals surface area contributed by atoms with Crippen molar-refractivity contribution < 1.29 is 0 Å². The fraction of sp³-hybridized carbons (Fsp3) is 0. The average molecular weight is 600 g/mol. The van der Waals surface area contributed by atoms with E-state index >= 15 is 0 Å². The highest BCUT2D eigenvalue weighted by atomic mass is 127. The number of fused-ring (bicyclic) bond motifs is 2. The molecule has 0 aliphatic carbocycles. The molecule has 0 unspecified atom stereocenters. The van der Waals surface area contributed by atoms with Crippen LogP contribution in [0.4, 0.5) is 0 Å². The molecular formula is C33H21IN4. The van der Waals surface area contributed by atoms with Gasteiger partial charge in [-0.2, -0.15) is 0 Å². The van der Waals surface area contributed by atoms with E-state index in [9.17, 15) is 0 Å². The number of allylic oxidation sites excluding steroid dienone is 1. The molecule has 7 rings (SSSR count). The van der Waals surface area contributed by atoms with Crippen LogP contribution in [0.15, 0.2) is 115 Å². The summed E-state index contributed by atoms with van der Waals surface area (Å²) in [4.78, 5) is 20.3. The number of hydrogen-bond acceptors (Lipinski definition) is 4. The lowest BCUT2D eigenvalue weighted by Crippen LogP contribution is -2.02. The number of nitrogens with zero attached hydrogens (tertiary/aromatic N) is 4. The van der Waals surface area contributed by atoms with E-state index in [1.165, 1.54) is 0 Å². The van der Waals surface area contributed by atoms with E-state index in [2.05, 4.69) is 64.7 Å². The van der Waals surface area contributed by atoms with Gasteiger partial charge in [0.15, 0.2) is 0 Å². The van der Waals surface area contributed by atoms with E-state index in [4.69, 9.17) is 19.9 Å². The zero-order valence-electron chi connectivity index (χ0n) is 20.3. The van der Waals surface area contributed by atoms with Gasteiger partial charge in [-0.1, -0.05) is 124 Å². The van der Waals surface area contributed by atoms with Gasteiger partial charge in [-0.3, -0.25) is 0 Å². The number of rotatable bonds is 4. The summed E-state index contributed by atoms with van der Waals surface area (Å²) in [6.45, 7) is 0. The lowest BCUT2D eigenvalue weighted by molar-refractivity contribution is 1.15. The Morgan fingerprint density at radius 1 is 0.421 bits per heavy atom. The van der Waals surface area contributed by atoms with Gasteiger partial charge >= 0.3 is 0 Å². The number of aromatic nitrogens is 4. The van der Waals surface area contributed by atoms with Crippen molar-refractivity contribution in [2.45, 2.75) is 0 Å². The Morgan fingerprint density at radius 2 is 0.868 bits per heavy atom. The minimum atomic E-state index is -0.275. The van der Waals surface area contributed by atoms with Crippen LogP contribution in [0.1, 0.15) is 5.69 Å². The normalized spacial score (nSPS) is 12.2. The van der Waals surface area contributed by atoms with Gasteiger partial charge in [0.2, 0.25) is 0 Å². The Morgan fingerprint density at radius 3 is 1.42 bits per heavy atom. The van der Waals surface area contributed by atoms with Gasteiger partial charge in [-0.05, 0) is 22.2 Å². The van der Waals surface area contributed by atoms with E-state index in [0.29, 0.717) is 0 Å². The molecular weight excluding hydrogens is 579 g/mol. The smallest absolute Gasteiger partial charge is 0.122 e. The maximum atomic E-state index is 5.11. The summed E-state index contributed by atoms with van der Waals surface area (Å²) in [6.07, 6.45) is 4.16. The van der Waals surface area contributed by atoms with Crippen molar-refractivity contribution in [3.63, 3.8) is 0 Å². The first-order valence-electron chi connectivity index (χ1n) is 12.4. The molecule has 0 radical (unpaired) electrons. The minimum absolute atomic E-state index is 0.275. The van der Waals surface area contributed by atoms with Crippen LogP contribution in [0.25, 0.3) is 62.1 Å². The highest BCUT2D eigenvalue weighted by Gasteiger charge is 2.17. The molecule has 0 saturated carbocycles. The quantitative estimate of drug-likeness (QED) is 0.192. The molecule has 3 heterocycles. The predicted octanol–water partition coefficient (Wildman–Crippen LogP) is 8.06. The highest BCUT2D eigenvalue weighted by molar-refractivity contribution is 14.2. The molecule has 0 fully saturated rings. The van der Waals surface area contributed by atoms with Crippen LogP contribution in [0, 0.1) is 3.70 Å². The second-order valence-corrected chi connectivity index (χ2v) is 11.3. The summed E-state index contributed by atoms with van der Waals surface area (Å²) in [7, 11) is 0. The van der Waals surface area contributed by atoms with E-state index in [1.54, 1.807) is 0 Å². The van der Waals surface area contributed by atoms with E-state index in [0.717, 1.165) is 65.5 Å². The van der Waals surface area contributed by atoms with Crippen LogP contribution in [0.2, 0.25) is 0 Å². The monoisotopic (exact) mass is 600 g/mol. The lowest BCUT2D eigenvalue weighted by Gasteiger charge is -2.14. The van der Waals surface area contributed by atoms with Crippen LogP contribution in [0.5, 0.6) is 0 Å². The fourth-order valence-electron chi connectivity index (χ4n) is 4.62. The molecule has 1 aliphatic rings. The molecule has 0 N–H and O–H groups in total. The number of halogens is 1. The van der Waals surface area contributed by atoms with Gasteiger partial charge in [0.05, 0.1) is 39.5 Å². The Bertz CT molecular complexity index is 1840. The summed E-state index contributed by atoms with van der Waals surface area (Å²) in [6, 6.07) is 37.1. The fourth-order valence-corrected chi connectivity index (χ4v) is 6.38. The molecule has 4 nitrogen and oxygen atoms in total. The Hall–Kier alpha value is -4.36. The molecule has 0 atom stereocenters. The topological polar surface area (TPSA) is 51.6 Å². The minimum Gasteiger partial charge on any atom is -0.244 e. The highest BCUT2D eigenvalue weighted by Crippen LogP contribution is 2.35. The second kappa shape index (κ2) is 9.84. The first-order chi connectivity index (χ1) is 18.8. The molecule has 0 bridgehead atoms. The third-order valence-corrected chi connectivity index (χ3v) is 8.63. The summed E-state index contributed by atoms with van der Waals surface area (Å²) >= 11 is -0.275. The molecule has 5 heteroatoms. The Labute approximate surface area is 230 Å². The largest absolute Gasteiger partial charge is 0.244 e. The van der Waals surface area contributed by atoms with Crippen molar-refractivity contribution >= 4 is 41.9 Å². The van der Waals surface area contributed by atoms with E-state index in [1.807, 2.05) is 60.7 Å². The molecule has 0 amide bonds. The maximum Gasteiger partial charge on any atom is 0.122 e. The molecule has 180 valence electrons. The first-order valence-corrected chi connectivity index (χ1v) is 14.7. The summed E-state index contributed by atoms with van der Waals surface area (Å²) in [5.41, 5.74) is 10.5. The van der Waals surface area contributed by atoms with Gasteiger partial charge in [0.25, 0.3) is 0 Å². The third kappa shape index (κ3) is 4.25. The molecule has 6 aromatic rings. The maximum absolute atomic E-state index is 5.11. The SMILES string of the molecule is C1=Cc2nc(-c3ccc(-c4nc5ccccc5nc4-c4ccccc4)cc3)c(-c3ccccc3)nc2I=C1. The van der Waals surface area contributed by atoms with Crippen LogP contribution >= 0.6 is 20.7 Å². The number of hydrogen-bond donors (Lipinski definition) is 0. The van der Waals surface area contributed by atoms with Crippen LogP contribution < -0.4 is 0 Å². The summed E-state index contributed by atoms with van der Waals surface area (Å²) < 4.78 is 3.35. The molecule has 1 aliphatic heterocycles. The van der Waals surface area contributed by atoms with Crippen molar-refractivity contribution in [2.75, 3.05) is 0 Å². The van der Waals surface area contributed by atoms with Crippen molar-refractivity contribution in [3.8, 4) is 45.0 Å². The first kappa shape index (κ1) is 22.8. The molecule has 0 saturated heterocycles. The molecule has 2 aromatic heterocycles. The number of benzene rings is 4. The van der Waals surface area contributed by atoms with Crippen molar-refractivity contribution in [2.24, 2.45) is 0 Å². The van der Waals surface area contributed by atoms with Crippen LogP contribution in [-0.2, 0) is 0 Å². The van der Waals surface area contributed by atoms with Crippen molar-refractivity contribution in [3.05, 3.63) is 125 Å². The number of para-hydroxylation sites is 2. The Kier molecular flexibility index (Phi) is 5.90. The molecule has 38 heavy (non-hydrogen) atoms.